The van der Waals surface area contributed by atoms with Gasteiger partial charge in [-0.3, -0.25) is 0 Å². The van der Waals surface area contributed by atoms with Crippen LogP contribution in [0, 0.1) is 0 Å². The Labute approximate surface area is 184 Å². The van der Waals surface area contributed by atoms with Crippen molar-refractivity contribution in [3.8, 4) is 22.5 Å². The maximum Gasteiger partial charge on any atom is 0.405 e. The summed E-state index contributed by atoms with van der Waals surface area (Å²) in [6.45, 7) is 0. The van der Waals surface area contributed by atoms with Crippen molar-refractivity contribution < 1.29 is 9.90 Å². The fraction of sp³-hybridized carbons (Fsp3) is 0.167. The minimum Gasteiger partial charge on any atom is -0.465 e. The fourth-order valence-corrected chi connectivity index (χ4v) is 4.23. The standard InChI is InChI=1S/C24H19ClN4O2/c25-19-12-11-18-22(27-19)28-21(20(26-18)15-5-2-1-3-6-15)16-7-9-17(10-8-16)24(13-4-14-24)29-23(30)31/h1-3,5-12,29H,4,13-14H2,(H,30,31). The highest BCUT2D eigenvalue weighted by Crippen LogP contribution is 2.42. The number of carboxylic acid groups (broad SMARTS) is 1. The Bertz CT molecular complexity index is 1270. The quantitative estimate of drug-likeness (QED) is 0.408. The molecule has 31 heavy (non-hydrogen) atoms. The molecule has 0 unspecified atom stereocenters. The lowest BCUT2D eigenvalue weighted by molar-refractivity contribution is 0.144. The normalized spacial score (nSPS) is 14.7. The van der Waals surface area contributed by atoms with Gasteiger partial charge in [0, 0.05) is 11.1 Å². The Morgan fingerprint density at radius 1 is 0.871 bits per heavy atom. The number of halogens is 1. The Morgan fingerprint density at radius 2 is 1.55 bits per heavy atom. The first-order valence-electron chi connectivity index (χ1n) is 10.1. The lowest BCUT2D eigenvalue weighted by Crippen LogP contribution is -2.50. The number of nitrogens with one attached hydrogen (secondary N) is 1. The van der Waals surface area contributed by atoms with Crippen LogP contribution >= 0.6 is 11.6 Å². The SMILES string of the molecule is O=C(O)NC1(c2ccc(-c3nc4nc(Cl)ccc4nc3-c3ccccc3)cc2)CCC1. The average Bonchev–Trinajstić information content (AvgIpc) is 2.76. The number of rotatable bonds is 4. The first-order chi connectivity index (χ1) is 15.0. The Balaban J connectivity index is 1.63. The molecule has 1 amide bonds. The van der Waals surface area contributed by atoms with Crippen LogP contribution in [-0.4, -0.2) is 26.2 Å². The number of carbonyl (C=O) groups is 1. The minimum atomic E-state index is -1.00. The van der Waals surface area contributed by atoms with Crippen molar-refractivity contribution in [2.45, 2.75) is 24.8 Å². The molecular formula is C24H19ClN4O2. The summed E-state index contributed by atoms with van der Waals surface area (Å²) in [5.41, 5.74) is 4.90. The topological polar surface area (TPSA) is 88.0 Å². The molecule has 0 saturated heterocycles. The molecule has 2 N–H and O–H groups in total. The van der Waals surface area contributed by atoms with Crippen molar-refractivity contribution >= 4 is 28.9 Å². The van der Waals surface area contributed by atoms with Crippen molar-refractivity contribution in [1.29, 1.82) is 0 Å². The largest absolute Gasteiger partial charge is 0.465 e. The summed E-state index contributed by atoms with van der Waals surface area (Å²) in [6, 6.07) is 21.3. The van der Waals surface area contributed by atoms with E-state index in [0.29, 0.717) is 22.0 Å². The van der Waals surface area contributed by atoms with Crippen LogP contribution in [0.5, 0.6) is 0 Å². The second-order valence-corrected chi connectivity index (χ2v) is 8.09. The van der Waals surface area contributed by atoms with Gasteiger partial charge in [0.05, 0.1) is 16.9 Å². The van der Waals surface area contributed by atoms with E-state index in [1.165, 1.54) is 0 Å². The van der Waals surface area contributed by atoms with Gasteiger partial charge in [0.15, 0.2) is 5.65 Å². The molecule has 4 aromatic rings. The molecule has 1 fully saturated rings. The predicted octanol–water partition coefficient (Wildman–Crippen LogP) is 5.66. The third-order valence-electron chi connectivity index (χ3n) is 5.81. The summed E-state index contributed by atoms with van der Waals surface area (Å²) in [5, 5.41) is 12.3. The maximum absolute atomic E-state index is 11.3. The summed E-state index contributed by atoms with van der Waals surface area (Å²) in [7, 11) is 0. The van der Waals surface area contributed by atoms with E-state index >= 15 is 0 Å². The number of hydrogen-bond acceptors (Lipinski definition) is 4. The molecule has 0 atom stereocenters. The molecule has 7 heteroatoms. The van der Waals surface area contributed by atoms with Gasteiger partial charge in [-0.1, -0.05) is 66.2 Å². The Morgan fingerprint density at radius 3 is 2.19 bits per heavy atom. The van der Waals surface area contributed by atoms with Crippen LogP contribution in [0.3, 0.4) is 0 Å². The summed E-state index contributed by atoms with van der Waals surface area (Å²) in [4.78, 5) is 25.2. The first kappa shape index (κ1) is 19.5. The van der Waals surface area contributed by atoms with Gasteiger partial charge in [-0.2, -0.15) is 0 Å². The van der Waals surface area contributed by atoms with E-state index in [0.717, 1.165) is 41.6 Å². The van der Waals surface area contributed by atoms with E-state index in [9.17, 15) is 9.90 Å². The molecule has 154 valence electrons. The van der Waals surface area contributed by atoms with Crippen LogP contribution < -0.4 is 5.32 Å². The third-order valence-corrected chi connectivity index (χ3v) is 6.02. The molecule has 2 heterocycles. The summed E-state index contributed by atoms with van der Waals surface area (Å²) >= 11 is 6.07. The zero-order chi connectivity index (χ0) is 21.4. The van der Waals surface area contributed by atoms with Gasteiger partial charge in [0.2, 0.25) is 0 Å². The van der Waals surface area contributed by atoms with E-state index in [1.54, 1.807) is 6.07 Å². The minimum absolute atomic E-state index is 0.363. The summed E-state index contributed by atoms with van der Waals surface area (Å²) in [6.07, 6.45) is 1.60. The lowest BCUT2D eigenvalue weighted by atomic mass is 9.71. The van der Waals surface area contributed by atoms with E-state index in [4.69, 9.17) is 21.6 Å². The number of hydrogen-bond donors (Lipinski definition) is 2. The molecule has 2 aromatic heterocycles. The van der Waals surface area contributed by atoms with Gasteiger partial charge in [-0.05, 0) is 37.0 Å². The van der Waals surface area contributed by atoms with Crippen molar-refractivity contribution in [3.63, 3.8) is 0 Å². The second-order valence-electron chi connectivity index (χ2n) is 7.71. The van der Waals surface area contributed by atoms with E-state index in [1.807, 2.05) is 60.7 Å². The van der Waals surface area contributed by atoms with Gasteiger partial charge < -0.3 is 10.4 Å². The summed E-state index contributed by atoms with van der Waals surface area (Å²) < 4.78 is 0. The molecule has 1 aliphatic rings. The van der Waals surface area contributed by atoms with Crippen LogP contribution in [-0.2, 0) is 5.54 Å². The molecule has 5 rings (SSSR count). The van der Waals surface area contributed by atoms with Gasteiger partial charge in [-0.25, -0.2) is 19.7 Å². The number of amides is 1. The monoisotopic (exact) mass is 430 g/mol. The van der Waals surface area contributed by atoms with Crippen LogP contribution in [0.15, 0.2) is 66.7 Å². The van der Waals surface area contributed by atoms with Gasteiger partial charge in [-0.15, -0.1) is 0 Å². The average molecular weight is 431 g/mol. The number of pyridine rings is 1. The molecule has 0 aliphatic heterocycles. The van der Waals surface area contributed by atoms with E-state index in [2.05, 4.69) is 10.3 Å². The van der Waals surface area contributed by atoms with Crippen LogP contribution in [0.4, 0.5) is 4.79 Å². The van der Waals surface area contributed by atoms with Crippen LogP contribution in [0.2, 0.25) is 5.15 Å². The lowest BCUT2D eigenvalue weighted by Gasteiger charge is -2.42. The highest BCUT2D eigenvalue weighted by atomic mass is 35.5. The predicted molar refractivity (Wildman–Crippen MR) is 120 cm³/mol. The zero-order valence-corrected chi connectivity index (χ0v) is 17.3. The molecular weight excluding hydrogens is 412 g/mol. The van der Waals surface area contributed by atoms with Crippen LogP contribution in [0.1, 0.15) is 24.8 Å². The summed E-state index contributed by atoms with van der Waals surface area (Å²) in [5.74, 6) is 0. The smallest absolute Gasteiger partial charge is 0.405 e. The molecule has 1 saturated carbocycles. The number of benzene rings is 2. The van der Waals surface area contributed by atoms with Gasteiger partial charge in [0.1, 0.15) is 10.7 Å². The Hall–Kier alpha value is -3.51. The fourth-order valence-electron chi connectivity index (χ4n) is 4.09. The third kappa shape index (κ3) is 3.59. The highest BCUT2D eigenvalue weighted by Gasteiger charge is 2.40. The van der Waals surface area contributed by atoms with E-state index in [-0.39, 0.29) is 0 Å². The second kappa shape index (κ2) is 7.63. The van der Waals surface area contributed by atoms with Gasteiger partial charge in [0.25, 0.3) is 0 Å². The Kier molecular flexibility index (Phi) is 4.79. The van der Waals surface area contributed by atoms with Crippen molar-refractivity contribution in [3.05, 3.63) is 77.4 Å². The molecule has 0 radical (unpaired) electrons. The first-order valence-corrected chi connectivity index (χ1v) is 10.4. The van der Waals surface area contributed by atoms with Gasteiger partial charge >= 0.3 is 6.09 Å². The molecule has 2 aromatic carbocycles. The molecule has 0 spiro atoms. The zero-order valence-electron chi connectivity index (χ0n) is 16.5. The van der Waals surface area contributed by atoms with Crippen molar-refractivity contribution in [2.24, 2.45) is 0 Å². The van der Waals surface area contributed by atoms with Crippen molar-refractivity contribution in [2.75, 3.05) is 0 Å². The highest BCUT2D eigenvalue weighted by molar-refractivity contribution is 6.29. The number of fused-ring (bicyclic) bond motifs is 1. The molecule has 1 aliphatic carbocycles. The molecule has 6 nitrogen and oxygen atoms in total. The molecule has 0 bridgehead atoms. The number of nitrogens with zero attached hydrogens (tertiary/aromatic N) is 3. The van der Waals surface area contributed by atoms with Crippen LogP contribution in [0.25, 0.3) is 33.7 Å². The van der Waals surface area contributed by atoms with E-state index < -0.39 is 11.6 Å². The maximum atomic E-state index is 11.3. The number of aromatic nitrogens is 3. The van der Waals surface area contributed by atoms with Crippen molar-refractivity contribution in [1.82, 2.24) is 20.3 Å².